The molecule has 24 heavy (non-hydrogen) atoms. The van der Waals surface area contributed by atoms with Gasteiger partial charge in [0.25, 0.3) is 0 Å². The second-order valence-corrected chi connectivity index (χ2v) is 6.88. The summed E-state index contributed by atoms with van der Waals surface area (Å²) in [6, 6.07) is 5.08. The minimum atomic E-state index is -0.529. The molecule has 3 N–H and O–H groups in total. The number of nitrogens with two attached hydrogens (primary N) is 1. The fourth-order valence-corrected chi connectivity index (χ4v) is 2.54. The van der Waals surface area contributed by atoms with E-state index in [0.29, 0.717) is 18.8 Å². The molecule has 132 valence electrons. The van der Waals surface area contributed by atoms with Crippen molar-refractivity contribution in [2.45, 2.75) is 38.5 Å². The van der Waals surface area contributed by atoms with Gasteiger partial charge in [0.05, 0.1) is 11.7 Å². The number of likely N-dealkylation sites (N-methyl/N-ethyl adjacent to an activating group) is 1. The zero-order valence-corrected chi connectivity index (χ0v) is 14.5. The average Bonchev–Trinajstić information content (AvgIpc) is 2.48. The SMILES string of the molecule is CN(C(=O)OC(C)(C)C)C1CN(C(/C(N)=N/O)c2ccccn2)C1. The van der Waals surface area contributed by atoms with E-state index >= 15 is 0 Å². The summed E-state index contributed by atoms with van der Waals surface area (Å²) in [4.78, 5) is 20.0. The van der Waals surface area contributed by atoms with Crippen molar-refractivity contribution in [3.8, 4) is 0 Å². The van der Waals surface area contributed by atoms with Gasteiger partial charge in [0.1, 0.15) is 11.6 Å². The maximum atomic E-state index is 12.1. The van der Waals surface area contributed by atoms with Crippen molar-refractivity contribution in [2.75, 3.05) is 20.1 Å². The molecular formula is C16H25N5O3. The van der Waals surface area contributed by atoms with Gasteiger partial charge in [-0.3, -0.25) is 9.88 Å². The Kier molecular flexibility index (Phi) is 5.28. The molecule has 1 aromatic heterocycles. The number of oxime groups is 1. The van der Waals surface area contributed by atoms with Gasteiger partial charge in [-0.05, 0) is 32.9 Å². The highest BCUT2D eigenvalue weighted by atomic mass is 16.6. The minimum Gasteiger partial charge on any atom is -0.444 e. The molecule has 2 rings (SSSR count). The molecule has 0 aromatic carbocycles. The molecule has 0 spiro atoms. The number of aromatic nitrogens is 1. The summed E-state index contributed by atoms with van der Waals surface area (Å²) in [6.45, 7) is 6.68. The number of rotatable bonds is 4. The molecule has 1 aliphatic heterocycles. The first-order valence-electron chi connectivity index (χ1n) is 7.81. The van der Waals surface area contributed by atoms with Crippen LogP contribution in [0.4, 0.5) is 4.79 Å². The van der Waals surface area contributed by atoms with Crippen LogP contribution in [0.2, 0.25) is 0 Å². The monoisotopic (exact) mass is 335 g/mol. The van der Waals surface area contributed by atoms with Gasteiger partial charge in [-0.2, -0.15) is 0 Å². The molecule has 1 unspecified atom stereocenters. The molecule has 0 bridgehead atoms. The van der Waals surface area contributed by atoms with E-state index in [1.165, 1.54) is 0 Å². The Morgan fingerprint density at radius 3 is 2.67 bits per heavy atom. The molecule has 2 heterocycles. The number of nitrogens with zero attached hydrogens (tertiary/aromatic N) is 4. The summed E-state index contributed by atoms with van der Waals surface area (Å²) in [7, 11) is 1.72. The van der Waals surface area contributed by atoms with Crippen LogP contribution in [0, 0.1) is 0 Å². The summed E-state index contributed by atoms with van der Waals surface area (Å²) < 4.78 is 5.37. The zero-order chi connectivity index (χ0) is 17.9. The molecular weight excluding hydrogens is 310 g/mol. The van der Waals surface area contributed by atoms with Crippen molar-refractivity contribution in [2.24, 2.45) is 10.9 Å². The first kappa shape index (κ1) is 18.0. The summed E-state index contributed by atoms with van der Waals surface area (Å²) in [5, 5.41) is 12.2. The van der Waals surface area contributed by atoms with Gasteiger partial charge in [0.15, 0.2) is 5.84 Å². The van der Waals surface area contributed by atoms with Crippen LogP contribution in [0.15, 0.2) is 29.6 Å². The highest BCUT2D eigenvalue weighted by molar-refractivity contribution is 5.86. The molecule has 8 nitrogen and oxygen atoms in total. The Hall–Kier alpha value is -2.35. The standard InChI is InChI=1S/C16H25N5O3/c1-16(2,3)24-15(22)20(4)11-9-21(10-11)13(14(17)19-23)12-7-5-6-8-18-12/h5-8,11,13,23H,9-10H2,1-4H3,(H2,17,19). The Morgan fingerprint density at radius 1 is 1.50 bits per heavy atom. The first-order chi connectivity index (χ1) is 11.2. The van der Waals surface area contributed by atoms with Crippen LogP contribution in [0.1, 0.15) is 32.5 Å². The molecule has 1 saturated heterocycles. The Balaban J connectivity index is 2.02. The van der Waals surface area contributed by atoms with E-state index in [-0.39, 0.29) is 18.0 Å². The molecule has 1 amide bonds. The highest BCUT2D eigenvalue weighted by Gasteiger charge is 2.40. The third kappa shape index (κ3) is 4.14. The summed E-state index contributed by atoms with van der Waals surface area (Å²) in [5.74, 6) is 0.0760. The van der Waals surface area contributed by atoms with Crippen molar-refractivity contribution < 1.29 is 14.7 Å². The molecule has 1 atom stereocenters. The number of amidine groups is 1. The number of amides is 1. The molecule has 8 heteroatoms. The normalized spacial score (nSPS) is 17.9. The van der Waals surface area contributed by atoms with Crippen molar-refractivity contribution in [1.29, 1.82) is 0 Å². The Morgan fingerprint density at radius 2 is 2.17 bits per heavy atom. The number of carbonyl (C=O) groups excluding carboxylic acids is 1. The van der Waals surface area contributed by atoms with E-state index in [2.05, 4.69) is 10.1 Å². The highest BCUT2D eigenvalue weighted by Crippen LogP contribution is 2.27. The van der Waals surface area contributed by atoms with Crippen LogP contribution in [-0.2, 0) is 4.74 Å². The van der Waals surface area contributed by atoms with Crippen molar-refractivity contribution in [1.82, 2.24) is 14.8 Å². The number of hydrogen-bond acceptors (Lipinski definition) is 6. The number of carbonyl (C=O) groups is 1. The lowest BCUT2D eigenvalue weighted by molar-refractivity contribution is -0.00926. The van der Waals surface area contributed by atoms with Crippen LogP contribution in [0.3, 0.4) is 0 Å². The van der Waals surface area contributed by atoms with Gasteiger partial charge in [-0.1, -0.05) is 11.2 Å². The lowest BCUT2D eigenvalue weighted by atomic mass is 10.0. The average molecular weight is 335 g/mol. The molecule has 0 saturated carbocycles. The zero-order valence-electron chi connectivity index (χ0n) is 14.5. The van der Waals surface area contributed by atoms with Gasteiger partial charge >= 0.3 is 6.09 Å². The van der Waals surface area contributed by atoms with Gasteiger partial charge in [-0.15, -0.1) is 0 Å². The minimum absolute atomic E-state index is 0.0116. The number of likely N-dealkylation sites (tertiary alicyclic amines) is 1. The fraction of sp³-hybridized carbons (Fsp3) is 0.562. The number of hydrogen-bond donors (Lipinski definition) is 2. The van der Waals surface area contributed by atoms with Gasteiger partial charge in [0, 0.05) is 26.3 Å². The van der Waals surface area contributed by atoms with Crippen LogP contribution in [0.5, 0.6) is 0 Å². The van der Waals surface area contributed by atoms with Gasteiger partial charge < -0.3 is 20.6 Å². The summed E-state index contributed by atoms with van der Waals surface area (Å²) in [5.41, 5.74) is 6.01. The van der Waals surface area contributed by atoms with E-state index in [1.807, 2.05) is 43.9 Å². The number of pyridine rings is 1. The molecule has 0 radical (unpaired) electrons. The van der Waals surface area contributed by atoms with E-state index in [0.717, 1.165) is 0 Å². The van der Waals surface area contributed by atoms with Gasteiger partial charge in [0.2, 0.25) is 0 Å². The molecule has 1 fully saturated rings. The maximum absolute atomic E-state index is 12.1. The smallest absolute Gasteiger partial charge is 0.410 e. The topological polar surface area (TPSA) is 104 Å². The van der Waals surface area contributed by atoms with Crippen LogP contribution >= 0.6 is 0 Å². The van der Waals surface area contributed by atoms with Crippen LogP contribution in [-0.4, -0.2) is 63.7 Å². The van der Waals surface area contributed by atoms with Crippen molar-refractivity contribution >= 4 is 11.9 Å². The predicted molar refractivity (Wildman–Crippen MR) is 89.7 cm³/mol. The third-order valence-corrected chi connectivity index (χ3v) is 3.85. The third-order valence-electron chi connectivity index (χ3n) is 3.85. The van der Waals surface area contributed by atoms with Crippen molar-refractivity contribution in [3.63, 3.8) is 0 Å². The van der Waals surface area contributed by atoms with E-state index in [1.54, 1.807) is 18.1 Å². The van der Waals surface area contributed by atoms with Crippen LogP contribution in [0.25, 0.3) is 0 Å². The quantitative estimate of drug-likeness (QED) is 0.373. The first-order valence-corrected chi connectivity index (χ1v) is 7.81. The largest absolute Gasteiger partial charge is 0.444 e. The Labute approximate surface area is 141 Å². The van der Waals surface area contributed by atoms with Crippen molar-refractivity contribution in [3.05, 3.63) is 30.1 Å². The lowest BCUT2D eigenvalue weighted by Crippen LogP contribution is -2.62. The molecule has 1 aliphatic rings. The van der Waals surface area contributed by atoms with Gasteiger partial charge in [-0.25, -0.2) is 4.79 Å². The fourth-order valence-electron chi connectivity index (χ4n) is 2.54. The maximum Gasteiger partial charge on any atom is 0.410 e. The summed E-state index contributed by atoms with van der Waals surface area (Å²) in [6.07, 6.45) is 1.31. The molecule has 0 aliphatic carbocycles. The number of ether oxygens (including phenoxy) is 1. The lowest BCUT2D eigenvalue weighted by Gasteiger charge is -2.46. The predicted octanol–water partition coefficient (Wildman–Crippen LogP) is 1.42. The second-order valence-electron chi connectivity index (χ2n) is 6.88. The van der Waals surface area contributed by atoms with Crippen LogP contribution < -0.4 is 5.73 Å². The molecule has 1 aromatic rings. The summed E-state index contributed by atoms with van der Waals surface area (Å²) >= 11 is 0. The van der Waals surface area contributed by atoms with E-state index < -0.39 is 11.6 Å². The Bertz CT molecular complexity index is 593. The van der Waals surface area contributed by atoms with E-state index in [9.17, 15) is 4.79 Å². The van der Waals surface area contributed by atoms with E-state index in [4.69, 9.17) is 15.7 Å². The second kappa shape index (κ2) is 7.04.